The molecule has 0 heterocycles. The molecule has 2 rings (SSSR count). The van der Waals surface area contributed by atoms with Crippen molar-refractivity contribution >= 4 is 0 Å². The summed E-state index contributed by atoms with van der Waals surface area (Å²) in [5, 5.41) is 0. The molecule has 1 nitrogen and oxygen atoms in total. The van der Waals surface area contributed by atoms with E-state index in [9.17, 15) is 4.39 Å². The zero-order valence-corrected chi connectivity index (χ0v) is 14.7. The Morgan fingerprint density at radius 1 is 1.04 bits per heavy atom. The van der Waals surface area contributed by atoms with Gasteiger partial charge in [-0.3, -0.25) is 4.90 Å². The van der Waals surface area contributed by atoms with Crippen LogP contribution < -0.4 is 0 Å². The topological polar surface area (TPSA) is 3.24 Å². The molecule has 2 aromatic carbocycles. The van der Waals surface area contributed by atoms with Crippen LogP contribution in [0.15, 0.2) is 48.5 Å². The minimum absolute atomic E-state index is 0.137. The molecule has 2 atom stereocenters. The predicted octanol–water partition coefficient (Wildman–Crippen LogP) is 6.06. The first kappa shape index (κ1) is 17.7. The fraction of sp³-hybridized carbons (Fsp3) is 0.429. The van der Waals surface area contributed by atoms with Crippen LogP contribution in [-0.4, -0.2) is 11.9 Å². The maximum absolute atomic E-state index is 13.9. The monoisotopic (exact) mass is 313 g/mol. The summed E-state index contributed by atoms with van der Waals surface area (Å²) in [6.07, 6.45) is 3.34. The molecule has 2 unspecified atom stereocenters. The second-order valence-corrected chi connectivity index (χ2v) is 6.47. The fourth-order valence-corrected chi connectivity index (χ4v) is 3.20. The van der Waals surface area contributed by atoms with Gasteiger partial charge in [-0.1, -0.05) is 56.2 Å². The number of aryl methyl sites for hydroxylation is 1. The quantitative estimate of drug-likeness (QED) is 0.600. The highest BCUT2D eigenvalue weighted by molar-refractivity contribution is 5.27. The van der Waals surface area contributed by atoms with Crippen LogP contribution in [0.3, 0.4) is 0 Å². The lowest BCUT2D eigenvalue weighted by Gasteiger charge is -2.34. The number of hydrogen-bond donors (Lipinski definition) is 0. The maximum Gasteiger partial charge on any atom is 0.123 e. The smallest absolute Gasteiger partial charge is 0.123 e. The third-order valence-electron chi connectivity index (χ3n) is 4.66. The fourth-order valence-electron chi connectivity index (χ4n) is 3.20. The van der Waals surface area contributed by atoms with E-state index in [0.717, 1.165) is 30.4 Å². The number of halogens is 1. The minimum atomic E-state index is -0.137. The van der Waals surface area contributed by atoms with Gasteiger partial charge in [0.2, 0.25) is 0 Å². The van der Waals surface area contributed by atoms with E-state index in [1.165, 1.54) is 5.56 Å². The van der Waals surface area contributed by atoms with Gasteiger partial charge in [-0.2, -0.15) is 0 Å². The second kappa shape index (κ2) is 8.26. The van der Waals surface area contributed by atoms with Gasteiger partial charge in [0.15, 0.2) is 0 Å². The summed E-state index contributed by atoms with van der Waals surface area (Å²) < 4.78 is 13.9. The highest BCUT2D eigenvalue weighted by atomic mass is 19.1. The van der Waals surface area contributed by atoms with Crippen LogP contribution in [0.5, 0.6) is 0 Å². The Labute approximate surface area is 140 Å². The third kappa shape index (κ3) is 4.65. The lowest BCUT2D eigenvalue weighted by Crippen LogP contribution is -2.28. The molecular weight excluding hydrogens is 285 g/mol. The standard InChI is InChI=1S/C21H28FN/c1-5-6-12-21(19-13-16(2)14-20(22)15-19)23(4)17(3)18-10-8-7-9-11-18/h7-11,13-15,17,21H,5-6,12H2,1-4H3. The zero-order chi connectivity index (χ0) is 16.8. The van der Waals surface area contributed by atoms with Gasteiger partial charge >= 0.3 is 0 Å². The van der Waals surface area contributed by atoms with E-state index in [1.54, 1.807) is 12.1 Å². The molecule has 0 aliphatic heterocycles. The summed E-state index contributed by atoms with van der Waals surface area (Å²) in [6, 6.07) is 16.5. The Bertz CT molecular complexity index is 588. The first-order valence-corrected chi connectivity index (χ1v) is 8.57. The Hall–Kier alpha value is -1.67. The molecule has 0 saturated heterocycles. The van der Waals surface area contributed by atoms with Crippen molar-refractivity contribution in [3.05, 3.63) is 71.0 Å². The highest BCUT2D eigenvalue weighted by Crippen LogP contribution is 2.33. The molecule has 0 aromatic heterocycles. The van der Waals surface area contributed by atoms with Crippen LogP contribution in [0.1, 0.15) is 61.9 Å². The van der Waals surface area contributed by atoms with E-state index >= 15 is 0 Å². The molecule has 0 aliphatic rings. The number of rotatable bonds is 7. The average molecular weight is 313 g/mol. The Kier molecular flexibility index (Phi) is 6.35. The van der Waals surface area contributed by atoms with Crippen molar-refractivity contribution in [3.63, 3.8) is 0 Å². The molecular formula is C21H28FN. The van der Waals surface area contributed by atoms with E-state index < -0.39 is 0 Å². The van der Waals surface area contributed by atoms with Crippen LogP contribution in [0.2, 0.25) is 0 Å². The van der Waals surface area contributed by atoms with E-state index in [2.05, 4.69) is 56.1 Å². The molecule has 2 aromatic rings. The Morgan fingerprint density at radius 2 is 1.74 bits per heavy atom. The third-order valence-corrected chi connectivity index (χ3v) is 4.66. The first-order valence-electron chi connectivity index (χ1n) is 8.57. The minimum Gasteiger partial charge on any atom is -0.293 e. The SMILES string of the molecule is CCCCC(c1cc(C)cc(F)c1)N(C)C(C)c1ccccc1. The summed E-state index contributed by atoms with van der Waals surface area (Å²) in [6.45, 7) is 6.39. The predicted molar refractivity (Wildman–Crippen MR) is 96.0 cm³/mol. The summed E-state index contributed by atoms with van der Waals surface area (Å²) in [7, 11) is 2.15. The van der Waals surface area contributed by atoms with Gasteiger partial charge in [0, 0.05) is 12.1 Å². The van der Waals surface area contributed by atoms with Crippen LogP contribution in [-0.2, 0) is 0 Å². The van der Waals surface area contributed by atoms with Crippen molar-refractivity contribution < 1.29 is 4.39 Å². The van der Waals surface area contributed by atoms with Gasteiger partial charge in [0.25, 0.3) is 0 Å². The molecule has 0 radical (unpaired) electrons. The lowest BCUT2D eigenvalue weighted by molar-refractivity contribution is 0.173. The van der Waals surface area contributed by atoms with Gasteiger partial charge < -0.3 is 0 Å². The van der Waals surface area contributed by atoms with Crippen molar-refractivity contribution in [1.29, 1.82) is 0 Å². The van der Waals surface area contributed by atoms with E-state index in [1.807, 2.05) is 13.0 Å². The van der Waals surface area contributed by atoms with Crippen molar-refractivity contribution in [3.8, 4) is 0 Å². The van der Waals surface area contributed by atoms with Gasteiger partial charge in [0.1, 0.15) is 5.82 Å². The summed E-state index contributed by atoms with van der Waals surface area (Å²) in [5.74, 6) is -0.137. The molecule has 0 bridgehead atoms. The normalized spacial score (nSPS) is 14.0. The first-order chi connectivity index (χ1) is 11.0. The Balaban J connectivity index is 2.29. The van der Waals surface area contributed by atoms with Crippen molar-refractivity contribution in [2.45, 2.75) is 52.1 Å². The Morgan fingerprint density at radius 3 is 2.35 bits per heavy atom. The van der Waals surface area contributed by atoms with Gasteiger partial charge in [0.05, 0.1) is 0 Å². The number of unbranched alkanes of at least 4 members (excludes halogenated alkanes) is 1. The number of nitrogens with zero attached hydrogens (tertiary/aromatic N) is 1. The van der Waals surface area contributed by atoms with E-state index in [-0.39, 0.29) is 11.9 Å². The molecule has 0 fully saturated rings. The van der Waals surface area contributed by atoms with E-state index in [0.29, 0.717) is 6.04 Å². The van der Waals surface area contributed by atoms with Gasteiger partial charge in [-0.25, -0.2) is 4.39 Å². The lowest BCUT2D eigenvalue weighted by atomic mass is 9.95. The van der Waals surface area contributed by atoms with Crippen molar-refractivity contribution in [2.75, 3.05) is 7.05 Å². The van der Waals surface area contributed by atoms with Crippen molar-refractivity contribution in [1.82, 2.24) is 4.90 Å². The molecule has 0 spiro atoms. The summed E-state index contributed by atoms with van der Waals surface area (Å²) >= 11 is 0. The number of hydrogen-bond acceptors (Lipinski definition) is 1. The highest BCUT2D eigenvalue weighted by Gasteiger charge is 2.22. The van der Waals surface area contributed by atoms with Crippen molar-refractivity contribution in [2.24, 2.45) is 0 Å². The summed E-state index contributed by atoms with van der Waals surface area (Å²) in [5.41, 5.74) is 3.37. The average Bonchev–Trinajstić information content (AvgIpc) is 2.54. The van der Waals surface area contributed by atoms with Gasteiger partial charge in [-0.15, -0.1) is 0 Å². The van der Waals surface area contributed by atoms with Crippen LogP contribution >= 0.6 is 0 Å². The molecule has 0 N–H and O–H groups in total. The van der Waals surface area contributed by atoms with E-state index in [4.69, 9.17) is 0 Å². The maximum atomic E-state index is 13.9. The second-order valence-electron chi connectivity index (χ2n) is 6.47. The molecule has 0 aliphatic carbocycles. The molecule has 0 saturated carbocycles. The van der Waals surface area contributed by atoms with Gasteiger partial charge in [-0.05, 0) is 56.1 Å². The molecule has 23 heavy (non-hydrogen) atoms. The molecule has 124 valence electrons. The molecule has 0 amide bonds. The molecule has 2 heteroatoms. The van der Waals surface area contributed by atoms with Crippen LogP contribution in [0.25, 0.3) is 0 Å². The van der Waals surface area contributed by atoms with Crippen LogP contribution in [0, 0.1) is 12.7 Å². The summed E-state index contributed by atoms with van der Waals surface area (Å²) in [4.78, 5) is 2.37. The largest absolute Gasteiger partial charge is 0.293 e. The number of benzene rings is 2. The van der Waals surface area contributed by atoms with Crippen LogP contribution in [0.4, 0.5) is 4.39 Å². The zero-order valence-electron chi connectivity index (χ0n) is 14.7.